The standard InChI is InChI=1S/C12H24N2O/c1-10(2)9-13-5-7-14(8-6-13)11(3)12(4)15/h10-11H,5-9H2,1-4H3. The maximum atomic E-state index is 11.2. The zero-order chi connectivity index (χ0) is 11.4. The summed E-state index contributed by atoms with van der Waals surface area (Å²) in [5.41, 5.74) is 0. The smallest absolute Gasteiger partial charge is 0.146 e. The first-order chi connectivity index (χ1) is 7.00. The Bertz CT molecular complexity index is 208. The summed E-state index contributed by atoms with van der Waals surface area (Å²) in [7, 11) is 0. The number of ketones is 1. The van der Waals surface area contributed by atoms with Gasteiger partial charge in [0.15, 0.2) is 0 Å². The molecule has 0 radical (unpaired) electrons. The molecule has 1 heterocycles. The fourth-order valence-corrected chi connectivity index (χ4v) is 2.11. The van der Waals surface area contributed by atoms with E-state index in [2.05, 4.69) is 23.6 Å². The van der Waals surface area contributed by atoms with Crippen LogP contribution in [0.2, 0.25) is 0 Å². The van der Waals surface area contributed by atoms with E-state index in [4.69, 9.17) is 0 Å². The van der Waals surface area contributed by atoms with Crippen LogP contribution in [0.15, 0.2) is 0 Å². The summed E-state index contributed by atoms with van der Waals surface area (Å²) < 4.78 is 0. The van der Waals surface area contributed by atoms with E-state index in [0.717, 1.165) is 32.1 Å². The molecule has 15 heavy (non-hydrogen) atoms. The molecule has 0 bridgehead atoms. The highest BCUT2D eigenvalue weighted by atomic mass is 16.1. The average molecular weight is 212 g/mol. The van der Waals surface area contributed by atoms with Gasteiger partial charge in [0, 0.05) is 32.7 Å². The van der Waals surface area contributed by atoms with Crippen molar-refractivity contribution in [2.45, 2.75) is 33.7 Å². The lowest BCUT2D eigenvalue weighted by Crippen LogP contribution is -2.51. The van der Waals surface area contributed by atoms with Crippen molar-refractivity contribution >= 4 is 5.78 Å². The van der Waals surface area contributed by atoms with Gasteiger partial charge in [-0.05, 0) is 19.8 Å². The first-order valence-corrected chi connectivity index (χ1v) is 5.97. The second-order valence-electron chi connectivity index (χ2n) is 5.02. The Morgan fingerprint density at radius 2 is 1.67 bits per heavy atom. The first-order valence-electron chi connectivity index (χ1n) is 5.97. The normalized spacial score (nSPS) is 21.9. The van der Waals surface area contributed by atoms with Crippen molar-refractivity contribution in [2.24, 2.45) is 5.92 Å². The highest BCUT2D eigenvalue weighted by Gasteiger charge is 2.23. The molecular formula is C12H24N2O. The van der Waals surface area contributed by atoms with Crippen LogP contribution in [-0.4, -0.2) is 54.3 Å². The summed E-state index contributed by atoms with van der Waals surface area (Å²) in [5, 5.41) is 0. The minimum absolute atomic E-state index is 0.103. The Kier molecular flexibility index (Phi) is 4.74. The Morgan fingerprint density at radius 3 is 2.07 bits per heavy atom. The minimum Gasteiger partial charge on any atom is -0.301 e. The molecule has 0 aromatic carbocycles. The van der Waals surface area contributed by atoms with Crippen LogP contribution in [0.4, 0.5) is 0 Å². The van der Waals surface area contributed by atoms with Crippen LogP contribution in [0.1, 0.15) is 27.7 Å². The highest BCUT2D eigenvalue weighted by Crippen LogP contribution is 2.08. The van der Waals surface area contributed by atoms with Crippen LogP contribution in [0.25, 0.3) is 0 Å². The van der Waals surface area contributed by atoms with Gasteiger partial charge < -0.3 is 4.90 Å². The largest absolute Gasteiger partial charge is 0.301 e. The van der Waals surface area contributed by atoms with Crippen LogP contribution in [0.3, 0.4) is 0 Å². The maximum absolute atomic E-state index is 11.2. The molecule has 1 rings (SSSR count). The van der Waals surface area contributed by atoms with E-state index in [1.54, 1.807) is 6.92 Å². The Labute approximate surface area is 93.4 Å². The Hall–Kier alpha value is -0.410. The number of hydrogen-bond acceptors (Lipinski definition) is 3. The van der Waals surface area contributed by atoms with Gasteiger partial charge in [0.1, 0.15) is 5.78 Å². The molecule has 1 aliphatic rings. The van der Waals surface area contributed by atoms with E-state index in [0.29, 0.717) is 0 Å². The lowest BCUT2D eigenvalue weighted by molar-refractivity contribution is -0.122. The molecule has 0 spiro atoms. The van der Waals surface area contributed by atoms with Crippen molar-refractivity contribution in [1.82, 2.24) is 9.80 Å². The van der Waals surface area contributed by atoms with E-state index < -0.39 is 0 Å². The molecule has 88 valence electrons. The molecule has 0 aliphatic carbocycles. The molecule has 0 saturated carbocycles. The number of Topliss-reactive ketones (excluding diaryl/α,β-unsaturated/α-hetero) is 1. The molecule has 1 fully saturated rings. The van der Waals surface area contributed by atoms with Crippen molar-refractivity contribution in [3.8, 4) is 0 Å². The van der Waals surface area contributed by atoms with E-state index >= 15 is 0 Å². The SMILES string of the molecule is CC(=O)C(C)N1CCN(CC(C)C)CC1. The Morgan fingerprint density at radius 1 is 1.13 bits per heavy atom. The maximum Gasteiger partial charge on any atom is 0.146 e. The molecule has 0 amide bonds. The number of carbonyl (C=O) groups is 1. The van der Waals surface area contributed by atoms with Crippen LogP contribution in [0.5, 0.6) is 0 Å². The summed E-state index contributed by atoms with van der Waals surface area (Å²) in [6, 6.07) is 0.103. The summed E-state index contributed by atoms with van der Waals surface area (Å²) in [6.07, 6.45) is 0. The lowest BCUT2D eigenvalue weighted by atomic mass is 10.1. The van der Waals surface area contributed by atoms with Crippen LogP contribution in [-0.2, 0) is 4.79 Å². The van der Waals surface area contributed by atoms with Gasteiger partial charge >= 0.3 is 0 Å². The third kappa shape index (κ3) is 3.92. The van der Waals surface area contributed by atoms with Gasteiger partial charge in [-0.3, -0.25) is 9.69 Å². The zero-order valence-corrected chi connectivity index (χ0v) is 10.5. The van der Waals surface area contributed by atoms with Crippen molar-refractivity contribution in [1.29, 1.82) is 0 Å². The van der Waals surface area contributed by atoms with Gasteiger partial charge in [0.2, 0.25) is 0 Å². The average Bonchev–Trinajstić information content (AvgIpc) is 2.17. The van der Waals surface area contributed by atoms with Gasteiger partial charge in [-0.2, -0.15) is 0 Å². The molecule has 0 N–H and O–H groups in total. The predicted molar refractivity (Wildman–Crippen MR) is 63.0 cm³/mol. The molecule has 1 saturated heterocycles. The molecule has 3 heteroatoms. The summed E-state index contributed by atoms with van der Waals surface area (Å²) in [6.45, 7) is 13.7. The fraction of sp³-hybridized carbons (Fsp3) is 0.917. The fourth-order valence-electron chi connectivity index (χ4n) is 2.11. The summed E-state index contributed by atoms with van der Waals surface area (Å²) in [5.74, 6) is 1.02. The third-order valence-corrected chi connectivity index (χ3v) is 3.17. The summed E-state index contributed by atoms with van der Waals surface area (Å²) in [4.78, 5) is 16.0. The van der Waals surface area contributed by atoms with Crippen molar-refractivity contribution in [3.63, 3.8) is 0 Å². The van der Waals surface area contributed by atoms with E-state index in [-0.39, 0.29) is 11.8 Å². The van der Waals surface area contributed by atoms with Crippen LogP contribution < -0.4 is 0 Å². The van der Waals surface area contributed by atoms with Gasteiger partial charge in [-0.15, -0.1) is 0 Å². The van der Waals surface area contributed by atoms with E-state index in [9.17, 15) is 4.79 Å². The van der Waals surface area contributed by atoms with Crippen LogP contribution >= 0.6 is 0 Å². The second kappa shape index (κ2) is 5.61. The molecule has 1 atom stereocenters. The monoisotopic (exact) mass is 212 g/mol. The van der Waals surface area contributed by atoms with Gasteiger partial charge in [0.25, 0.3) is 0 Å². The molecule has 3 nitrogen and oxygen atoms in total. The number of piperazine rings is 1. The van der Waals surface area contributed by atoms with Crippen molar-refractivity contribution < 1.29 is 4.79 Å². The lowest BCUT2D eigenvalue weighted by Gasteiger charge is -2.37. The highest BCUT2D eigenvalue weighted by molar-refractivity contribution is 5.80. The molecule has 1 unspecified atom stereocenters. The molecule has 0 aromatic rings. The van der Waals surface area contributed by atoms with Crippen molar-refractivity contribution in [2.75, 3.05) is 32.7 Å². The number of hydrogen-bond donors (Lipinski definition) is 0. The Balaban J connectivity index is 2.32. The topological polar surface area (TPSA) is 23.6 Å². The van der Waals surface area contributed by atoms with E-state index in [1.165, 1.54) is 6.54 Å². The molecular weight excluding hydrogens is 188 g/mol. The first kappa shape index (κ1) is 12.7. The molecule has 1 aliphatic heterocycles. The minimum atomic E-state index is 0.103. The number of carbonyl (C=O) groups excluding carboxylic acids is 1. The summed E-state index contributed by atoms with van der Waals surface area (Å²) >= 11 is 0. The van der Waals surface area contributed by atoms with Gasteiger partial charge in [-0.1, -0.05) is 13.8 Å². The van der Waals surface area contributed by atoms with Crippen molar-refractivity contribution in [3.05, 3.63) is 0 Å². The predicted octanol–water partition coefficient (Wildman–Crippen LogP) is 1.24. The third-order valence-electron chi connectivity index (χ3n) is 3.17. The van der Waals surface area contributed by atoms with Crippen LogP contribution in [0, 0.1) is 5.92 Å². The number of rotatable bonds is 4. The second-order valence-corrected chi connectivity index (χ2v) is 5.02. The van der Waals surface area contributed by atoms with E-state index in [1.807, 2.05) is 6.92 Å². The van der Waals surface area contributed by atoms with Gasteiger partial charge in [0.05, 0.1) is 6.04 Å². The molecule has 0 aromatic heterocycles. The number of nitrogens with zero attached hydrogens (tertiary/aromatic N) is 2. The zero-order valence-electron chi connectivity index (χ0n) is 10.5. The van der Waals surface area contributed by atoms with Gasteiger partial charge in [-0.25, -0.2) is 0 Å². The quantitative estimate of drug-likeness (QED) is 0.700.